The van der Waals surface area contributed by atoms with E-state index >= 15 is 0 Å². The van der Waals surface area contributed by atoms with Gasteiger partial charge in [-0.3, -0.25) is 0 Å². The van der Waals surface area contributed by atoms with Crippen LogP contribution in [0, 0.1) is 0 Å². The van der Waals surface area contributed by atoms with Crippen molar-refractivity contribution in [2.45, 2.75) is 10.3 Å². The second kappa shape index (κ2) is 5.27. The molecule has 1 rings (SSSR count). The third-order valence-corrected chi connectivity index (χ3v) is 5.32. The summed E-state index contributed by atoms with van der Waals surface area (Å²) in [6, 6.07) is 2.98. The van der Waals surface area contributed by atoms with E-state index < -0.39 is 15.9 Å². The molecule has 1 unspecified atom stereocenters. The zero-order valence-electron chi connectivity index (χ0n) is 8.10. The molecule has 86 valence electrons. The molecule has 1 aromatic rings. The lowest BCUT2D eigenvalue weighted by Gasteiger charge is -2.08. The molecule has 0 bridgehead atoms. The number of aliphatic hydroxyl groups is 1. The predicted molar refractivity (Wildman–Crippen MR) is 61.3 cm³/mol. The van der Waals surface area contributed by atoms with Gasteiger partial charge in [-0.25, -0.2) is 8.42 Å². The quantitative estimate of drug-likeness (QED) is 0.828. The number of sulfone groups is 1. The standard InChI is InChI=1S/C8H12ClNO3S2/c1-10-4-6(11)5-15(12,13)8-3-2-7(9)14-8/h2-3,6,10-11H,4-5H2,1H3. The first-order valence-electron chi connectivity index (χ1n) is 4.26. The van der Waals surface area contributed by atoms with E-state index in [1.165, 1.54) is 12.1 Å². The van der Waals surface area contributed by atoms with Gasteiger partial charge in [0.2, 0.25) is 0 Å². The molecule has 0 aromatic carbocycles. The molecule has 0 radical (unpaired) electrons. The second-order valence-corrected chi connectivity index (χ2v) is 7.03. The van der Waals surface area contributed by atoms with Crippen molar-refractivity contribution in [3.05, 3.63) is 16.5 Å². The highest BCUT2D eigenvalue weighted by Gasteiger charge is 2.20. The van der Waals surface area contributed by atoms with Gasteiger partial charge in [0, 0.05) is 6.54 Å². The number of halogens is 1. The van der Waals surface area contributed by atoms with E-state index in [1.807, 2.05) is 0 Å². The molecule has 1 aromatic heterocycles. The lowest BCUT2D eigenvalue weighted by atomic mass is 10.4. The molecular formula is C8H12ClNO3S2. The third-order valence-electron chi connectivity index (χ3n) is 1.71. The van der Waals surface area contributed by atoms with Crippen molar-refractivity contribution in [1.82, 2.24) is 5.32 Å². The van der Waals surface area contributed by atoms with Gasteiger partial charge in [-0.2, -0.15) is 0 Å². The average molecular weight is 270 g/mol. The van der Waals surface area contributed by atoms with Crippen molar-refractivity contribution >= 4 is 32.8 Å². The van der Waals surface area contributed by atoms with Gasteiger partial charge in [-0.05, 0) is 19.2 Å². The molecule has 1 atom stereocenters. The summed E-state index contributed by atoms with van der Waals surface area (Å²) >= 11 is 6.64. The van der Waals surface area contributed by atoms with Crippen molar-refractivity contribution in [2.75, 3.05) is 19.3 Å². The lowest BCUT2D eigenvalue weighted by Crippen LogP contribution is -2.30. The summed E-state index contributed by atoms with van der Waals surface area (Å²) in [6.45, 7) is 0.248. The highest BCUT2D eigenvalue weighted by molar-refractivity contribution is 7.93. The van der Waals surface area contributed by atoms with E-state index in [9.17, 15) is 13.5 Å². The number of rotatable bonds is 5. The molecule has 2 N–H and O–H groups in total. The molecule has 4 nitrogen and oxygen atoms in total. The van der Waals surface area contributed by atoms with E-state index in [4.69, 9.17) is 11.6 Å². The van der Waals surface area contributed by atoms with E-state index in [0.29, 0.717) is 4.34 Å². The van der Waals surface area contributed by atoms with Crippen molar-refractivity contribution < 1.29 is 13.5 Å². The maximum atomic E-state index is 11.7. The van der Waals surface area contributed by atoms with Crippen molar-refractivity contribution in [3.8, 4) is 0 Å². The van der Waals surface area contributed by atoms with Gasteiger partial charge in [-0.15, -0.1) is 11.3 Å². The molecule has 0 amide bonds. The van der Waals surface area contributed by atoms with Crippen LogP contribution in [0.25, 0.3) is 0 Å². The van der Waals surface area contributed by atoms with E-state index in [0.717, 1.165) is 11.3 Å². The summed E-state index contributed by atoms with van der Waals surface area (Å²) in [4.78, 5) is 0. The maximum absolute atomic E-state index is 11.7. The first kappa shape index (κ1) is 12.9. The molecule has 0 aliphatic rings. The number of hydrogen-bond donors (Lipinski definition) is 2. The zero-order chi connectivity index (χ0) is 11.5. The van der Waals surface area contributed by atoms with Gasteiger partial charge in [-0.1, -0.05) is 11.6 Å². The van der Waals surface area contributed by atoms with Crippen LogP contribution in [0.2, 0.25) is 4.34 Å². The first-order chi connectivity index (χ1) is 6.95. The monoisotopic (exact) mass is 269 g/mol. The van der Waals surface area contributed by atoms with E-state index in [2.05, 4.69) is 5.32 Å². The molecule has 0 saturated carbocycles. The third kappa shape index (κ3) is 3.73. The van der Waals surface area contributed by atoms with Crippen LogP contribution >= 0.6 is 22.9 Å². The number of hydrogen-bond acceptors (Lipinski definition) is 5. The highest BCUT2D eigenvalue weighted by Crippen LogP contribution is 2.26. The van der Waals surface area contributed by atoms with Crippen LogP contribution in [0.3, 0.4) is 0 Å². The van der Waals surface area contributed by atoms with E-state index in [1.54, 1.807) is 7.05 Å². The topological polar surface area (TPSA) is 66.4 Å². The van der Waals surface area contributed by atoms with Gasteiger partial charge in [0.05, 0.1) is 16.2 Å². The Hall–Kier alpha value is -0.140. The minimum atomic E-state index is -3.42. The Morgan fingerprint density at radius 1 is 1.60 bits per heavy atom. The number of aliphatic hydroxyl groups excluding tert-OH is 1. The van der Waals surface area contributed by atoms with Crippen LogP contribution < -0.4 is 5.32 Å². The summed E-state index contributed by atoms with van der Waals surface area (Å²) in [5.41, 5.74) is 0. The number of likely N-dealkylation sites (N-methyl/N-ethyl adjacent to an activating group) is 1. The van der Waals surface area contributed by atoms with Crippen LogP contribution in [-0.4, -0.2) is 39.0 Å². The number of thiophene rings is 1. The fraction of sp³-hybridized carbons (Fsp3) is 0.500. The molecular weight excluding hydrogens is 258 g/mol. The van der Waals surface area contributed by atoms with Crippen LogP contribution in [-0.2, 0) is 9.84 Å². The van der Waals surface area contributed by atoms with Crippen molar-refractivity contribution in [3.63, 3.8) is 0 Å². The lowest BCUT2D eigenvalue weighted by molar-refractivity contribution is 0.197. The molecule has 0 saturated heterocycles. The molecule has 0 aliphatic heterocycles. The van der Waals surface area contributed by atoms with Crippen molar-refractivity contribution in [1.29, 1.82) is 0 Å². The van der Waals surface area contributed by atoms with Gasteiger partial charge >= 0.3 is 0 Å². The Balaban J connectivity index is 2.76. The second-order valence-electron chi connectivity index (χ2n) is 3.05. The summed E-state index contributed by atoms with van der Waals surface area (Å²) < 4.78 is 24.0. The zero-order valence-corrected chi connectivity index (χ0v) is 10.5. The van der Waals surface area contributed by atoms with Gasteiger partial charge < -0.3 is 10.4 Å². The molecule has 1 heterocycles. The van der Waals surface area contributed by atoms with Crippen LogP contribution in [0.5, 0.6) is 0 Å². The minimum Gasteiger partial charge on any atom is -0.391 e. The summed E-state index contributed by atoms with van der Waals surface area (Å²) in [6.07, 6.45) is -0.902. The highest BCUT2D eigenvalue weighted by atomic mass is 35.5. The normalized spacial score (nSPS) is 14.1. The molecule has 0 aliphatic carbocycles. The molecule has 0 spiro atoms. The van der Waals surface area contributed by atoms with Gasteiger partial charge in [0.1, 0.15) is 4.21 Å². The van der Waals surface area contributed by atoms with Crippen LogP contribution in [0.1, 0.15) is 0 Å². The Labute approximate surface area is 97.8 Å². The van der Waals surface area contributed by atoms with Gasteiger partial charge in [0.15, 0.2) is 9.84 Å². The molecule has 7 heteroatoms. The maximum Gasteiger partial charge on any atom is 0.190 e. The largest absolute Gasteiger partial charge is 0.391 e. The summed E-state index contributed by atoms with van der Waals surface area (Å²) in [5.74, 6) is -0.287. The van der Waals surface area contributed by atoms with Crippen molar-refractivity contribution in [2.24, 2.45) is 0 Å². The molecule has 0 fully saturated rings. The van der Waals surface area contributed by atoms with Crippen LogP contribution in [0.15, 0.2) is 16.3 Å². The SMILES string of the molecule is CNCC(O)CS(=O)(=O)c1ccc(Cl)s1. The minimum absolute atomic E-state index is 0.197. The fourth-order valence-corrected chi connectivity index (χ4v) is 4.05. The molecule has 15 heavy (non-hydrogen) atoms. The Bertz CT molecular complexity index is 415. The first-order valence-corrected chi connectivity index (χ1v) is 7.11. The summed E-state index contributed by atoms with van der Waals surface area (Å²) in [7, 11) is -1.77. The number of nitrogens with one attached hydrogen (secondary N) is 1. The Kier molecular flexibility index (Phi) is 4.54. The fourth-order valence-electron chi connectivity index (χ4n) is 1.09. The Morgan fingerprint density at radius 3 is 2.73 bits per heavy atom. The predicted octanol–water partition coefficient (Wildman–Crippen LogP) is 0.755. The van der Waals surface area contributed by atoms with E-state index in [-0.39, 0.29) is 16.5 Å². The van der Waals surface area contributed by atoms with Crippen LogP contribution in [0.4, 0.5) is 0 Å². The summed E-state index contributed by atoms with van der Waals surface area (Å²) in [5, 5.41) is 12.1. The van der Waals surface area contributed by atoms with Gasteiger partial charge in [0.25, 0.3) is 0 Å². The smallest absolute Gasteiger partial charge is 0.190 e. The Morgan fingerprint density at radius 2 is 2.27 bits per heavy atom. The average Bonchev–Trinajstić information content (AvgIpc) is 2.51.